The lowest BCUT2D eigenvalue weighted by atomic mass is 10.3. The van der Waals surface area contributed by atoms with Gasteiger partial charge in [0, 0.05) is 23.9 Å². The van der Waals surface area contributed by atoms with E-state index in [1.54, 1.807) is 20.3 Å². The van der Waals surface area contributed by atoms with Gasteiger partial charge in [0.2, 0.25) is 17.0 Å². The van der Waals surface area contributed by atoms with E-state index >= 15 is 0 Å². The van der Waals surface area contributed by atoms with E-state index in [0.29, 0.717) is 22.6 Å². The Kier molecular flexibility index (Phi) is 4.05. The molecule has 132 valence electrons. The lowest BCUT2D eigenvalue weighted by Crippen LogP contribution is -2.01. The number of thiazole rings is 1. The van der Waals surface area contributed by atoms with Crippen molar-refractivity contribution in [3.63, 3.8) is 0 Å². The second-order valence-electron chi connectivity index (χ2n) is 5.40. The number of aromatic nitrogens is 4. The van der Waals surface area contributed by atoms with E-state index in [1.807, 2.05) is 36.4 Å². The van der Waals surface area contributed by atoms with Gasteiger partial charge in [-0.15, -0.1) is 5.10 Å². The maximum atomic E-state index is 6.03. The number of rotatable bonds is 5. The number of nitrogens with zero attached hydrogens (tertiary/aromatic N) is 4. The van der Waals surface area contributed by atoms with Crippen LogP contribution in [0.2, 0.25) is 0 Å². The molecule has 2 aromatic carbocycles. The molecule has 2 aromatic heterocycles. The van der Waals surface area contributed by atoms with Crippen LogP contribution in [0.15, 0.2) is 42.5 Å². The number of hydrogen-bond donors (Lipinski definition) is 2. The summed E-state index contributed by atoms with van der Waals surface area (Å²) in [6.45, 7) is 0. The van der Waals surface area contributed by atoms with E-state index in [1.165, 1.54) is 16.0 Å². The Labute approximate surface area is 153 Å². The zero-order valence-corrected chi connectivity index (χ0v) is 14.9. The van der Waals surface area contributed by atoms with Crippen molar-refractivity contribution in [2.75, 3.05) is 25.3 Å². The molecule has 4 rings (SSSR count). The van der Waals surface area contributed by atoms with Crippen LogP contribution in [-0.4, -0.2) is 34.0 Å². The summed E-state index contributed by atoms with van der Waals surface area (Å²) in [5.41, 5.74) is 7.65. The molecule has 4 aromatic rings. The van der Waals surface area contributed by atoms with Crippen LogP contribution >= 0.6 is 11.3 Å². The van der Waals surface area contributed by atoms with Crippen molar-refractivity contribution in [1.82, 2.24) is 19.7 Å². The molecule has 0 aliphatic rings. The average molecular weight is 368 g/mol. The van der Waals surface area contributed by atoms with Crippen LogP contribution in [0, 0.1) is 0 Å². The van der Waals surface area contributed by atoms with Gasteiger partial charge in [0.25, 0.3) is 0 Å². The molecule has 9 heteroatoms. The number of para-hydroxylation sites is 1. The van der Waals surface area contributed by atoms with Crippen molar-refractivity contribution in [2.45, 2.75) is 0 Å². The van der Waals surface area contributed by atoms with Crippen LogP contribution in [-0.2, 0) is 0 Å². The van der Waals surface area contributed by atoms with Gasteiger partial charge in [0.15, 0.2) is 0 Å². The largest absolute Gasteiger partial charge is 0.497 e. The summed E-state index contributed by atoms with van der Waals surface area (Å²) in [7, 11) is 3.19. The Balaban J connectivity index is 1.66. The van der Waals surface area contributed by atoms with E-state index in [4.69, 9.17) is 15.2 Å². The molecule has 0 atom stereocenters. The number of methoxy groups -OCH3 is 2. The fourth-order valence-electron chi connectivity index (χ4n) is 2.48. The lowest BCUT2D eigenvalue weighted by molar-refractivity contribution is 0.395. The Morgan fingerprint density at radius 2 is 1.77 bits per heavy atom. The zero-order chi connectivity index (χ0) is 18.1. The summed E-state index contributed by atoms with van der Waals surface area (Å²) in [4.78, 5) is 8.82. The third-order valence-corrected chi connectivity index (χ3v) is 4.72. The molecule has 0 aliphatic carbocycles. The van der Waals surface area contributed by atoms with Gasteiger partial charge in [0.05, 0.1) is 24.4 Å². The summed E-state index contributed by atoms with van der Waals surface area (Å²) in [6.07, 6.45) is 0. The molecule has 26 heavy (non-hydrogen) atoms. The molecule has 0 aliphatic heterocycles. The van der Waals surface area contributed by atoms with Crippen LogP contribution in [0.25, 0.3) is 15.3 Å². The van der Waals surface area contributed by atoms with Crippen LogP contribution in [0.4, 0.5) is 17.6 Å². The van der Waals surface area contributed by atoms with Crippen molar-refractivity contribution in [3.8, 4) is 16.6 Å². The number of benzene rings is 2. The molecule has 3 N–H and O–H groups in total. The summed E-state index contributed by atoms with van der Waals surface area (Å²) in [5, 5.41) is 8.19. The Morgan fingerprint density at radius 1 is 1.04 bits per heavy atom. The van der Waals surface area contributed by atoms with Gasteiger partial charge in [-0.2, -0.15) is 9.67 Å². The van der Waals surface area contributed by atoms with Crippen molar-refractivity contribution >= 4 is 39.1 Å². The summed E-state index contributed by atoms with van der Waals surface area (Å²) in [6, 6.07) is 13.3. The smallest absolute Gasteiger partial charge is 0.248 e. The maximum Gasteiger partial charge on any atom is 0.248 e. The number of nitrogen functional groups attached to an aromatic ring is 1. The maximum absolute atomic E-state index is 6.03. The van der Waals surface area contributed by atoms with Crippen molar-refractivity contribution in [3.05, 3.63) is 42.5 Å². The minimum Gasteiger partial charge on any atom is -0.497 e. The Morgan fingerprint density at radius 3 is 2.46 bits per heavy atom. The molecule has 0 unspecified atom stereocenters. The van der Waals surface area contributed by atoms with E-state index in [9.17, 15) is 0 Å². The first kappa shape index (κ1) is 16.2. The van der Waals surface area contributed by atoms with E-state index < -0.39 is 0 Å². The van der Waals surface area contributed by atoms with Gasteiger partial charge in [-0.05, 0) is 12.1 Å². The molecule has 0 bridgehead atoms. The van der Waals surface area contributed by atoms with Gasteiger partial charge < -0.3 is 20.5 Å². The minimum absolute atomic E-state index is 0.251. The van der Waals surface area contributed by atoms with Gasteiger partial charge >= 0.3 is 0 Å². The van der Waals surface area contributed by atoms with Gasteiger partial charge in [-0.1, -0.05) is 23.5 Å². The first-order valence-electron chi connectivity index (χ1n) is 7.75. The predicted octanol–water partition coefficient (Wildman–Crippen LogP) is 3.22. The first-order valence-corrected chi connectivity index (χ1v) is 8.56. The van der Waals surface area contributed by atoms with Crippen LogP contribution in [0.1, 0.15) is 0 Å². The van der Waals surface area contributed by atoms with Gasteiger partial charge in [0.1, 0.15) is 11.5 Å². The summed E-state index contributed by atoms with van der Waals surface area (Å²) >= 11 is 1.50. The highest BCUT2D eigenvalue weighted by molar-refractivity contribution is 7.20. The van der Waals surface area contributed by atoms with Crippen LogP contribution in [0.3, 0.4) is 0 Å². The third kappa shape index (κ3) is 3.00. The highest BCUT2D eigenvalue weighted by Crippen LogP contribution is 2.29. The Bertz CT molecular complexity index is 1020. The molecular formula is C17H16N6O2S. The highest BCUT2D eigenvalue weighted by Gasteiger charge is 2.14. The minimum atomic E-state index is 0.251. The van der Waals surface area contributed by atoms with Crippen LogP contribution in [0.5, 0.6) is 11.5 Å². The van der Waals surface area contributed by atoms with Crippen molar-refractivity contribution in [1.29, 1.82) is 0 Å². The molecule has 0 radical (unpaired) electrons. The normalized spacial score (nSPS) is 10.8. The third-order valence-electron chi connectivity index (χ3n) is 3.70. The molecule has 8 nitrogen and oxygen atoms in total. The van der Waals surface area contributed by atoms with Gasteiger partial charge in [-0.3, -0.25) is 0 Å². The molecule has 0 saturated carbocycles. The summed E-state index contributed by atoms with van der Waals surface area (Å²) in [5.74, 6) is 1.93. The second kappa shape index (κ2) is 6.52. The average Bonchev–Trinajstić information content (AvgIpc) is 3.24. The zero-order valence-electron chi connectivity index (χ0n) is 14.1. The molecule has 0 saturated heterocycles. The number of fused-ring (bicyclic) bond motifs is 1. The molecule has 0 amide bonds. The molecule has 0 fully saturated rings. The van der Waals surface area contributed by atoms with Gasteiger partial charge in [-0.25, -0.2) is 4.98 Å². The Hall–Kier alpha value is -3.33. The number of nitrogens with one attached hydrogen (secondary N) is 1. The number of nitrogens with two attached hydrogens (primary N) is 1. The standard InChI is InChI=1S/C17H16N6O2S/c1-24-11-7-10(8-12(9-11)25-2)19-16-21-15(18)23(22-16)17-20-13-5-3-4-6-14(13)26-17/h3-9H,1-2H3,(H3,18,19,21,22). The lowest BCUT2D eigenvalue weighted by Gasteiger charge is -2.08. The van der Waals surface area contributed by atoms with E-state index in [0.717, 1.165) is 15.9 Å². The van der Waals surface area contributed by atoms with E-state index in [2.05, 4.69) is 20.4 Å². The van der Waals surface area contributed by atoms with Crippen molar-refractivity contribution in [2.24, 2.45) is 0 Å². The number of ether oxygens (including phenoxy) is 2. The number of hydrogen-bond acceptors (Lipinski definition) is 8. The van der Waals surface area contributed by atoms with E-state index in [-0.39, 0.29) is 5.95 Å². The fourth-order valence-corrected chi connectivity index (χ4v) is 3.40. The summed E-state index contributed by atoms with van der Waals surface area (Å²) < 4.78 is 13.1. The highest BCUT2D eigenvalue weighted by atomic mass is 32.1. The topological polar surface area (TPSA) is 100 Å². The SMILES string of the molecule is COc1cc(Nc2nc(N)n(-c3nc4ccccc4s3)n2)cc(OC)c1. The molecular weight excluding hydrogens is 352 g/mol. The predicted molar refractivity (Wildman–Crippen MR) is 102 cm³/mol. The second-order valence-corrected chi connectivity index (χ2v) is 6.41. The molecule has 2 heterocycles. The first-order chi connectivity index (χ1) is 12.7. The monoisotopic (exact) mass is 368 g/mol. The number of anilines is 3. The fraction of sp³-hybridized carbons (Fsp3) is 0.118. The van der Waals surface area contributed by atoms with Crippen LogP contribution < -0.4 is 20.5 Å². The quantitative estimate of drug-likeness (QED) is 0.558. The molecule has 0 spiro atoms. The van der Waals surface area contributed by atoms with Crippen molar-refractivity contribution < 1.29 is 9.47 Å².